The van der Waals surface area contributed by atoms with Crippen molar-refractivity contribution < 1.29 is 0 Å². The van der Waals surface area contributed by atoms with Gasteiger partial charge in [0.2, 0.25) is 0 Å². The Morgan fingerprint density at radius 1 is 0.900 bits per heavy atom. The van der Waals surface area contributed by atoms with E-state index >= 15 is 0 Å². The molecule has 0 radical (unpaired) electrons. The fourth-order valence-electron chi connectivity index (χ4n) is 2.68. The van der Waals surface area contributed by atoms with Gasteiger partial charge in [0.05, 0.1) is 0 Å². The molecule has 0 fully saturated rings. The molecule has 0 saturated heterocycles. The van der Waals surface area contributed by atoms with E-state index in [4.69, 9.17) is 0 Å². The topological polar surface area (TPSA) is 12.0 Å². The summed E-state index contributed by atoms with van der Waals surface area (Å²) in [4.78, 5) is 0. The van der Waals surface area contributed by atoms with Crippen LogP contribution in [-0.4, -0.2) is 6.54 Å². The van der Waals surface area contributed by atoms with Gasteiger partial charge in [-0.05, 0) is 61.6 Å². The molecule has 2 rings (SSSR count). The van der Waals surface area contributed by atoms with Gasteiger partial charge in [0.15, 0.2) is 0 Å². The van der Waals surface area contributed by atoms with Crippen molar-refractivity contribution in [2.45, 2.75) is 40.2 Å². The van der Waals surface area contributed by atoms with Crippen LogP contribution in [-0.2, 0) is 6.42 Å². The van der Waals surface area contributed by atoms with Gasteiger partial charge in [-0.2, -0.15) is 0 Å². The molecule has 0 aromatic heterocycles. The highest BCUT2D eigenvalue weighted by Gasteiger charge is 2.13. The quantitative estimate of drug-likeness (QED) is 0.840. The van der Waals surface area contributed by atoms with Gasteiger partial charge in [0, 0.05) is 6.04 Å². The predicted molar refractivity (Wildman–Crippen MR) is 87.2 cm³/mol. The molecule has 0 saturated carbocycles. The molecule has 1 nitrogen and oxygen atoms in total. The molecule has 2 aromatic carbocycles. The number of benzene rings is 2. The lowest BCUT2D eigenvalue weighted by Gasteiger charge is -2.21. The van der Waals surface area contributed by atoms with E-state index in [0.29, 0.717) is 6.04 Å². The summed E-state index contributed by atoms with van der Waals surface area (Å²) in [5.41, 5.74) is 6.92. The Labute approximate surface area is 123 Å². The van der Waals surface area contributed by atoms with Crippen molar-refractivity contribution in [3.05, 3.63) is 70.3 Å². The third-order valence-corrected chi connectivity index (χ3v) is 4.03. The maximum atomic E-state index is 3.62. The Hall–Kier alpha value is -1.60. The van der Waals surface area contributed by atoms with Crippen LogP contribution in [0.3, 0.4) is 0 Å². The lowest BCUT2D eigenvalue weighted by Crippen LogP contribution is -2.23. The van der Waals surface area contributed by atoms with E-state index in [0.717, 1.165) is 13.0 Å². The second-order valence-electron chi connectivity index (χ2n) is 5.59. The monoisotopic (exact) mass is 267 g/mol. The molecule has 0 heterocycles. The van der Waals surface area contributed by atoms with Crippen LogP contribution < -0.4 is 5.32 Å². The number of hydrogen-bond donors (Lipinski definition) is 1. The zero-order valence-corrected chi connectivity index (χ0v) is 13.0. The van der Waals surface area contributed by atoms with Crippen LogP contribution in [0.5, 0.6) is 0 Å². The van der Waals surface area contributed by atoms with Crippen LogP contribution in [0.15, 0.2) is 42.5 Å². The molecular weight excluding hydrogens is 242 g/mol. The van der Waals surface area contributed by atoms with Crippen LogP contribution in [0.25, 0.3) is 0 Å². The zero-order chi connectivity index (χ0) is 14.5. The van der Waals surface area contributed by atoms with Crippen LogP contribution in [0.4, 0.5) is 0 Å². The standard InChI is InChI=1S/C19H25N/c1-5-20-19(18-9-7-6-8-15(18)3)13-17-11-10-14(2)16(4)12-17/h6-12,19-20H,5,13H2,1-4H3. The van der Waals surface area contributed by atoms with Crippen molar-refractivity contribution in [1.29, 1.82) is 0 Å². The normalized spacial score (nSPS) is 12.4. The maximum absolute atomic E-state index is 3.62. The summed E-state index contributed by atoms with van der Waals surface area (Å²) < 4.78 is 0. The first-order valence-corrected chi connectivity index (χ1v) is 7.47. The molecule has 0 aliphatic carbocycles. The van der Waals surface area contributed by atoms with E-state index in [-0.39, 0.29) is 0 Å². The van der Waals surface area contributed by atoms with Crippen molar-refractivity contribution in [3.8, 4) is 0 Å². The minimum Gasteiger partial charge on any atom is -0.310 e. The lowest BCUT2D eigenvalue weighted by atomic mass is 9.94. The van der Waals surface area contributed by atoms with E-state index in [1.54, 1.807) is 0 Å². The lowest BCUT2D eigenvalue weighted by molar-refractivity contribution is 0.547. The maximum Gasteiger partial charge on any atom is 0.0363 e. The van der Waals surface area contributed by atoms with Crippen molar-refractivity contribution >= 4 is 0 Å². The Bertz CT molecular complexity index is 572. The summed E-state index contributed by atoms with van der Waals surface area (Å²) in [7, 11) is 0. The molecule has 2 aromatic rings. The number of likely N-dealkylation sites (N-methyl/N-ethyl adjacent to an activating group) is 1. The highest BCUT2D eigenvalue weighted by Crippen LogP contribution is 2.22. The van der Waals surface area contributed by atoms with Crippen molar-refractivity contribution in [2.24, 2.45) is 0 Å². The number of nitrogens with one attached hydrogen (secondary N) is 1. The van der Waals surface area contributed by atoms with Gasteiger partial charge in [0.25, 0.3) is 0 Å². The highest BCUT2D eigenvalue weighted by atomic mass is 14.9. The number of aryl methyl sites for hydroxylation is 3. The van der Waals surface area contributed by atoms with Crippen LogP contribution in [0.2, 0.25) is 0 Å². The Kier molecular flexibility index (Phi) is 4.97. The Balaban J connectivity index is 2.25. The Morgan fingerprint density at radius 3 is 2.30 bits per heavy atom. The van der Waals surface area contributed by atoms with Crippen molar-refractivity contribution in [2.75, 3.05) is 6.54 Å². The summed E-state index contributed by atoms with van der Waals surface area (Å²) in [6.45, 7) is 9.71. The average Bonchev–Trinajstić information content (AvgIpc) is 2.43. The first kappa shape index (κ1) is 14.8. The Morgan fingerprint density at radius 2 is 1.65 bits per heavy atom. The molecule has 20 heavy (non-hydrogen) atoms. The van der Waals surface area contributed by atoms with Gasteiger partial charge in [-0.1, -0.05) is 49.4 Å². The number of hydrogen-bond acceptors (Lipinski definition) is 1. The minimum atomic E-state index is 0.392. The SMILES string of the molecule is CCNC(Cc1ccc(C)c(C)c1)c1ccccc1C. The third kappa shape index (κ3) is 3.49. The fraction of sp³-hybridized carbons (Fsp3) is 0.368. The minimum absolute atomic E-state index is 0.392. The molecule has 0 aliphatic heterocycles. The van der Waals surface area contributed by atoms with E-state index in [1.807, 2.05) is 0 Å². The fourth-order valence-corrected chi connectivity index (χ4v) is 2.68. The molecule has 106 valence electrons. The molecule has 0 aliphatic rings. The highest BCUT2D eigenvalue weighted by molar-refractivity contribution is 5.34. The summed E-state index contributed by atoms with van der Waals surface area (Å²) in [5.74, 6) is 0. The smallest absolute Gasteiger partial charge is 0.0363 e. The van der Waals surface area contributed by atoms with E-state index in [1.165, 1.54) is 27.8 Å². The zero-order valence-electron chi connectivity index (χ0n) is 13.0. The molecule has 0 bridgehead atoms. The second-order valence-corrected chi connectivity index (χ2v) is 5.59. The van der Waals surface area contributed by atoms with Gasteiger partial charge < -0.3 is 5.32 Å². The third-order valence-electron chi connectivity index (χ3n) is 4.03. The molecule has 1 N–H and O–H groups in total. The van der Waals surface area contributed by atoms with E-state index in [9.17, 15) is 0 Å². The van der Waals surface area contributed by atoms with E-state index < -0.39 is 0 Å². The molecular formula is C19H25N. The average molecular weight is 267 g/mol. The summed E-state index contributed by atoms with van der Waals surface area (Å²) >= 11 is 0. The van der Waals surface area contributed by atoms with Crippen LogP contribution in [0, 0.1) is 20.8 Å². The molecule has 1 unspecified atom stereocenters. The van der Waals surface area contributed by atoms with Gasteiger partial charge in [-0.15, -0.1) is 0 Å². The predicted octanol–water partition coefficient (Wildman–Crippen LogP) is 4.51. The van der Waals surface area contributed by atoms with Gasteiger partial charge in [0.1, 0.15) is 0 Å². The van der Waals surface area contributed by atoms with Crippen molar-refractivity contribution in [3.63, 3.8) is 0 Å². The van der Waals surface area contributed by atoms with Gasteiger partial charge in [-0.25, -0.2) is 0 Å². The molecule has 1 atom stereocenters. The summed E-state index contributed by atoms with van der Waals surface area (Å²) in [6.07, 6.45) is 1.04. The first-order chi connectivity index (χ1) is 9.61. The van der Waals surface area contributed by atoms with Gasteiger partial charge in [-0.3, -0.25) is 0 Å². The molecule has 0 spiro atoms. The molecule has 1 heteroatoms. The van der Waals surface area contributed by atoms with Crippen LogP contribution in [0.1, 0.15) is 40.8 Å². The van der Waals surface area contributed by atoms with Crippen molar-refractivity contribution in [1.82, 2.24) is 5.32 Å². The summed E-state index contributed by atoms with van der Waals surface area (Å²) in [6, 6.07) is 15.9. The van der Waals surface area contributed by atoms with E-state index in [2.05, 4.69) is 75.5 Å². The number of rotatable bonds is 5. The first-order valence-electron chi connectivity index (χ1n) is 7.47. The summed E-state index contributed by atoms with van der Waals surface area (Å²) in [5, 5.41) is 3.62. The largest absolute Gasteiger partial charge is 0.310 e. The second kappa shape index (κ2) is 6.71. The van der Waals surface area contributed by atoms with Gasteiger partial charge >= 0.3 is 0 Å². The van der Waals surface area contributed by atoms with Crippen LogP contribution >= 0.6 is 0 Å². The molecule has 0 amide bonds.